The van der Waals surface area contributed by atoms with Gasteiger partial charge in [0, 0.05) is 13.1 Å². The summed E-state index contributed by atoms with van der Waals surface area (Å²) in [7, 11) is -4.05. The Balaban J connectivity index is 1.96. The zero-order valence-corrected chi connectivity index (χ0v) is 22.4. The maximum atomic E-state index is 13.8. The van der Waals surface area contributed by atoms with Crippen molar-refractivity contribution in [2.45, 2.75) is 44.6 Å². The third kappa shape index (κ3) is 7.20. The predicted molar refractivity (Wildman–Crippen MR) is 147 cm³/mol. The minimum Gasteiger partial charge on any atom is -0.354 e. The molecular weight excluding hydrogens is 486 g/mol. The van der Waals surface area contributed by atoms with Crippen molar-refractivity contribution in [3.63, 3.8) is 0 Å². The molecular formula is C29H35N3O4S. The van der Waals surface area contributed by atoms with Gasteiger partial charge >= 0.3 is 0 Å². The fourth-order valence-corrected chi connectivity index (χ4v) is 5.54. The van der Waals surface area contributed by atoms with E-state index in [4.69, 9.17) is 0 Å². The van der Waals surface area contributed by atoms with Gasteiger partial charge in [0.25, 0.3) is 10.0 Å². The van der Waals surface area contributed by atoms with Gasteiger partial charge in [-0.05, 0) is 56.0 Å². The summed E-state index contributed by atoms with van der Waals surface area (Å²) in [6.45, 7) is 5.79. The number of aryl methyl sites for hydroxylation is 1. The number of sulfonamides is 1. The van der Waals surface area contributed by atoms with Gasteiger partial charge in [-0.3, -0.25) is 13.9 Å². The highest BCUT2D eigenvalue weighted by Gasteiger charge is 2.32. The van der Waals surface area contributed by atoms with Crippen molar-refractivity contribution in [2.24, 2.45) is 0 Å². The first-order valence-electron chi connectivity index (χ1n) is 12.5. The number of anilines is 1. The molecule has 3 aromatic rings. The van der Waals surface area contributed by atoms with Crippen LogP contribution in [0.3, 0.4) is 0 Å². The fourth-order valence-electron chi connectivity index (χ4n) is 4.04. The van der Waals surface area contributed by atoms with Crippen molar-refractivity contribution in [2.75, 3.05) is 23.9 Å². The largest absolute Gasteiger partial charge is 0.354 e. The van der Waals surface area contributed by atoms with Crippen LogP contribution in [0.2, 0.25) is 0 Å². The molecule has 0 aliphatic rings. The highest BCUT2D eigenvalue weighted by atomic mass is 32.2. The van der Waals surface area contributed by atoms with Gasteiger partial charge < -0.3 is 10.2 Å². The Hall–Kier alpha value is -3.65. The van der Waals surface area contributed by atoms with Crippen LogP contribution in [0.4, 0.5) is 5.69 Å². The molecule has 7 nitrogen and oxygen atoms in total. The van der Waals surface area contributed by atoms with E-state index in [-0.39, 0.29) is 17.3 Å². The normalized spacial score (nSPS) is 12.0. The quantitative estimate of drug-likeness (QED) is 0.388. The number of nitrogens with one attached hydrogen (secondary N) is 1. The minimum atomic E-state index is -4.05. The summed E-state index contributed by atoms with van der Waals surface area (Å²) < 4.78 is 28.6. The summed E-state index contributed by atoms with van der Waals surface area (Å²) >= 11 is 0. The predicted octanol–water partition coefficient (Wildman–Crippen LogP) is 4.18. The zero-order chi connectivity index (χ0) is 26.8. The van der Waals surface area contributed by atoms with Crippen molar-refractivity contribution in [1.29, 1.82) is 0 Å². The van der Waals surface area contributed by atoms with E-state index in [1.165, 1.54) is 17.0 Å². The molecule has 1 atom stereocenters. The number of nitrogens with zero attached hydrogens (tertiary/aromatic N) is 2. The molecule has 0 saturated carbocycles. The number of hydrogen-bond acceptors (Lipinski definition) is 4. The Morgan fingerprint density at radius 1 is 0.892 bits per heavy atom. The summed E-state index contributed by atoms with van der Waals surface area (Å²) in [5, 5.41) is 2.85. The highest BCUT2D eigenvalue weighted by molar-refractivity contribution is 7.92. The molecule has 8 heteroatoms. The molecule has 1 N–H and O–H groups in total. The van der Waals surface area contributed by atoms with E-state index in [1.54, 1.807) is 50.2 Å². The molecule has 0 aliphatic carbocycles. The third-order valence-electron chi connectivity index (χ3n) is 6.19. The lowest BCUT2D eigenvalue weighted by molar-refractivity contribution is -0.138. The molecule has 0 aromatic heterocycles. The van der Waals surface area contributed by atoms with Gasteiger partial charge in [0.05, 0.1) is 10.6 Å². The molecule has 196 valence electrons. The maximum Gasteiger partial charge on any atom is 0.264 e. The Morgan fingerprint density at radius 3 is 2.11 bits per heavy atom. The highest BCUT2D eigenvalue weighted by Crippen LogP contribution is 2.27. The molecule has 3 aromatic carbocycles. The lowest BCUT2D eigenvalue weighted by Crippen LogP contribution is -2.52. The number of carbonyl (C=O) groups is 2. The molecule has 2 amide bonds. The molecule has 0 aliphatic heterocycles. The fraction of sp³-hybridized carbons (Fsp3) is 0.310. The smallest absolute Gasteiger partial charge is 0.264 e. The van der Waals surface area contributed by atoms with Gasteiger partial charge in [-0.2, -0.15) is 0 Å². The summed E-state index contributed by atoms with van der Waals surface area (Å²) in [4.78, 5) is 28.2. The molecule has 0 heterocycles. The van der Waals surface area contributed by atoms with Gasteiger partial charge in [-0.1, -0.05) is 73.7 Å². The number of para-hydroxylation sites is 1. The third-order valence-corrected chi connectivity index (χ3v) is 7.97. The van der Waals surface area contributed by atoms with Crippen LogP contribution in [0, 0.1) is 6.92 Å². The van der Waals surface area contributed by atoms with Crippen LogP contribution < -0.4 is 9.62 Å². The molecule has 0 bridgehead atoms. The van der Waals surface area contributed by atoms with Crippen molar-refractivity contribution in [3.8, 4) is 0 Å². The van der Waals surface area contributed by atoms with Gasteiger partial charge in [-0.25, -0.2) is 8.42 Å². The van der Waals surface area contributed by atoms with Crippen molar-refractivity contribution in [3.05, 3.63) is 96.1 Å². The number of benzene rings is 3. The van der Waals surface area contributed by atoms with Gasteiger partial charge in [0.2, 0.25) is 11.8 Å². The molecule has 0 radical (unpaired) electrons. The first-order chi connectivity index (χ1) is 17.8. The summed E-state index contributed by atoms with van der Waals surface area (Å²) in [6, 6.07) is 24.0. The molecule has 0 spiro atoms. The van der Waals surface area contributed by atoms with E-state index in [0.29, 0.717) is 18.7 Å². The topological polar surface area (TPSA) is 86.8 Å². The van der Waals surface area contributed by atoms with Crippen molar-refractivity contribution >= 4 is 27.5 Å². The van der Waals surface area contributed by atoms with E-state index >= 15 is 0 Å². The number of amides is 2. The Morgan fingerprint density at radius 2 is 1.49 bits per heavy atom. The number of carbonyl (C=O) groups excluding carboxylic acids is 2. The Kier molecular flexibility index (Phi) is 9.85. The molecule has 0 fully saturated rings. The van der Waals surface area contributed by atoms with Crippen LogP contribution in [0.5, 0.6) is 0 Å². The van der Waals surface area contributed by atoms with E-state index < -0.39 is 28.5 Å². The van der Waals surface area contributed by atoms with Crippen LogP contribution >= 0.6 is 0 Å². The molecule has 37 heavy (non-hydrogen) atoms. The standard InChI is InChI=1S/C29H35N3O4S/c1-4-20-30-29(34)24(3)31(21-19-25-14-7-5-8-15-25)28(33)22-32(27-18-12-11-13-23(27)2)37(35,36)26-16-9-6-10-17-26/h5-18,24H,4,19-22H2,1-3H3,(H,30,34). The second-order valence-corrected chi connectivity index (χ2v) is 10.8. The van der Waals surface area contributed by atoms with Gasteiger partial charge in [0.1, 0.15) is 12.6 Å². The Labute approximate surface area is 220 Å². The first-order valence-corrected chi connectivity index (χ1v) is 13.9. The van der Waals surface area contributed by atoms with Gasteiger partial charge in [-0.15, -0.1) is 0 Å². The lowest BCUT2D eigenvalue weighted by Gasteiger charge is -2.32. The molecule has 3 rings (SSSR count). The van der Waals surface area contributed by atoms with Crippen molar-refractivity contribution < 1.29 is 18.0 Å². The minimum absolute atomic E-state index is 0.0932. The van der Waals surface area contributed by atoms with Gasteiger partial charge in [0.15, 0.2) is 0 Å². The second kappa shape index (κ2) is 13.1. The average Bonchev–Trinajstić information content (AvgIpc) is 2.91. The van der Waals surface area contributed by atoms with E-state index in [2.05, 4.69) is 5.32 Å². The zero-order valence-electron chi connectivity index (χ0n) is 21.6. The van der Waals surface area contributed by atoms with E-state index in [0.717, 1.165) is 21.9 Å². The van der Waals surface area contributed by atoms with Crippen LogP contribution in [-0.4, -0.2) is 50.8 Å². The van der Waals surface area contributed by atoms with Crippen LogP contribution in [0.1, 0.15) is 31.4 Å². The second-order valence-electron chi connectivity index (χ2n) is 8.90. The van der Waals surface area contributed by atoms with E-state index in [1.807, 2.05) is 43.3 Å². The average molecular weight is 522 g/mol. The van der Waals surface area contributed by atoms with Crippen LogP contribution in [0.25, 0.3) is 0 Å². The summed E-state index contributed by atoms with van der Waals surface area (Å²) in [5.74, 6) is -0.713. The number of rotatable bonds is 12. The van der Waals surface area contributed by atoms with Crippen molar-refractivity contribution in [1.82, 2.24) is 10.2 Å². The first kappa shape index (κ1) is 27.9. The molecule has 0 saturated heterocycles. The molecule has 1 unspecified atom stereocenters. The SMILES string of the molecule is CCCNC(=O)C(C)N(CCc1ccccc1)C(=O)CN(c1ccccc1C)S(=O)(=O)c1ccccc1. The van der Waals surface area contributed by atoms with E-state index in [9.17, 15) is 18.0 Å². The summed E-state index contributed by atoms with van der Waals surface area (Å²) in [5.41, 5.74) is 2.17. The lowest BCUT2D eigenvalue weighted by atomic mass is 10.1. The monoisotopic (exact) mass is 521 g/mol. The number of hydrogen-bond donors (Lipinski definition) is 1. The maximum absolute atomic E-state index is 13.8. The van der Waals surface area contributed by atoms with Crippen LogP contribution in [-0.2, 0) is 26.0 Å². The Bertz CT molecular complexity index is 1280. The van der Waals surface area contributed by atoms with Crippen LogP contribution in [0.15, 0.2) is 89.8 Å². The summed E-state index contributed by atoms with van der Waals surface area (Å²) in [6.07, 6.45) is 1.31.